The molecule has 1 N–H and O–H groups in total. The Morgan fingerprint density at radius 1 is 1.30 bits per heavy atom. The summed E-state index contributed by atoms with van der Waals surface area (Å²) in [6.07, 6.45) is 14.2. The number of carbonyl (C=O) groups is 1. The quantitative estimate of drug-likeness (QED) is 0.617. The molecule has 2 aromatic rings. The van der Waals surface area contributed by atoms with E-state index in [1.54, 1.807) is 31.0 Å². The Labute approximate surface area is 118 Å². The molecule has 0 spiro atoms. The molecule has 5 nitrogen and oxygen atoms in total. The van der Waals surface area contributed by atoms with E-state index in [1.807, 2.05) is 22.9 Å². The molecule has 20 heavy (non-hydrogen) atoms. The van der Waals surface area contributed by atoms with Crippen molar-refractivity contribution in [3.05, 3.63) is 54.9 Å². The van der Waals surface area contributed by atoms with Crippen LogP contribution in [0.1, 0.15) is 18.4 Å². The Hall–Kier alpha value is -2.43. The lowest BCUT2D eigenvalue weighted by molar-refractivity contribution is -0.116. The van der Waals surface area contributed by atoms with Crippen molar-refractivity contribution < 1.29 is 4.79 Å². The normalized spacial score (nSPS) is 10.8. The molecule has 0 saturated carbocycles. The maximum Gasteiger partial charge on any atom is 0.243 e. The maximum atomic E-state index is 11.6. The highest BCUT2D eigenvalue weighted by atomic mass is 16.1. The highest BCUT2D eigenvalue weighted by molar-refractivity contribution is 5.91. The van der Waals surface area contributed by atoms with Crippen LogP contribution in [0.25, 0.3) is 6.08 Å². The molecular formula is C15H18N4O. The van der Waals surface area contributed by atoms with Gasteiger partial charge in [0.05, 0.1) is 6.33 Å². The smallest absolute Gasteiger partial charge is 0.243 e. The number of amides is 1. The second-order valence-electron chi connectivity index (χ2n) is 4.42. The Balaban J connectivity index is 1.59. The van der Waals surface area contributed by atoms with E-state index in [2.05, 4.69) is 15.3 Å². The number of hydrogen-bond acceptors (Lipinski definition) is 3. The summed E-state index contributed by atoms with van der Waals surface area (Å²) in [7, 11) is 0. The van der Waals surface area contributed by atoms with E-state index in [0.29, 0.717) is 6.54 Å². The van der Waals surface area contributed by atoms with Gasteiger partial charge in [-0.15, -0.1) is 0 Å². The lowest BCUT2D eigenvalue weighted by Gasteiger charge is -2.03. The van der Waals surface area contributed by atoms with Crippen molar-refractivity contribution >= 4 is 12.0 Å². The van der Waals surface area contributed by atoms with Gasteiger partial charge in [0.1, 0.15) is 0 Å². The molecule has 2 rings (SSSR count). The Kier molecular flexibility index (Phi) is 5.52. The number of imidazole rings is 1. The van der Waals surface area contributed by atoms with Crippen molar-refractivity contribution in [1.82, 2.24) is 19.9 Å². The first-order chi connectivity index (χ1) is 9.84. The van der Waals surface area contributed by atoms with Crippen molar-refractivity contribution in [3.63, 3.8) is 0 Å². The minimum Gasteiger partial charge on any atom is -0.353 e. The average molecular weight is 270 g/mol. The van der Waals surface area contributed by atoms with Gasteiger partial charge < -0.3 is 9.88 Å². The first-order valence-electron chi connectivity index (χ1n) is 6.66. The minimum atomic E-state index is -0.0727. The van der Waals surface area contributed by atoms with Gasteiger partial charge >= 0.3 is 0 Å². The van der Waals surface area contributed by atoms with E-state index in [-0.39, 0.29) is 5.91 Å². The van der Waals surface area contributed by atoms with Gasteiger partial charge in [-0.1, -0.05) is 6.07 Å². The third kappa shape index (κ3) is 5.06. The van der Waals surface area contributed by atoms with Crippen LogP contribution in [0.5, 0.6) is 0 Å². The van der Waals surface area contributed by atoms with Crippen molar-refractivity contribution in [2.75, 3.05) is 6.54 Å². The SMILES string of the molecule is O=C(/C=C/c1cccnc1)NCCCCn1ccnc1. The summed E-state index contributed by atoms with van der Waals surface area (Å²) in [6, 6.07) is 3.75. The van der Waals surface area contributed by atoms with Crippen LogP contribution in [-0.4, -0.2) is 27.0 Å². The maximum absolute atomic E-state index is 11.6. The second-order valence-corrected chi connectivity index (χ2v) is 4.42. The zero-order valence-corrected chi connectivity index (χ0v) is 11.3. The van der Waals surface area contributed by atoms with Gasteiger partial charge in [-0.25, -0.2) is 4.98 Å². The Morgan fingerprint density at radius 3 is 3.00 bits per heavy atom. The highest BCUT2D eigenvalue weighted by Crippen LogP contribution is 1.98. The van der Waals surface area contributed by atoms with Crippen LogP contribution in [-0.2, 0) is 11.3 Å². The molecule has 0 aliphatic rings. The van der Waals surface area contributed by atoms with Gasteiger partial charge in [0.2, 0.25) is 5.91 Å². The first kappa shape index (κ1) is 14.0. The molecule has 0 saturated heterocycles. The third-order valence-corrected chi connectivity index (χ3v) is 2.81. The Bertz CT molecular complexity index is 534. The number of aryl methyl sites for hydroxylation is 1. The van der Waals surface area contributed by atoms with Gasteiger partial charge in [-0.05, 0) is 30.5 Å². The molecule has 0 aliphatic heterocycles. The number of nitrogens with zero attached hydrogens (tertiary/aromatic N) is 3. The summed E-state index contributed by atoms with van der Waals surface area (Å²) in [5.74, 6) is -0.0727. The summed E-state index contributed by atoms with van der Waals surface area (Å²) in [5, 5.41) is 2.86. The minimum absolute atomic E-state index is 0.0727. The van der Waals surface area contributed by atoms with Crippen molar-refractivity contribution in [2.24, 2.45) is 0 Å². The zero-order valence-electron chi connectivity index (χ0n) is 11.3. The molecule has 0 aromatic carbocycles. The van der Waals surface area contributed by atoms with E-state index in [0.717, 1.165) is 24.9 Å². The molecule has 2 aromatic heterocycles. The average Bonchev–Trinajstić information content (AvgIpc) is 2.99. The molecule has 2 heterocycles. The number of hydrogen-bond donors (Lipinski definition) is 1. The summed E-state index contributed by atoms with van der Waals surface area (Å²) in [6.45, 7) is 1.62. The van der Waals surface area contributed by atoms with E-state index in [1.165, 1.54) is 6.08 Å². The number of unbranched alkanes of at least 4 members (excludes halogenated alkanes) is 1. The van der Waals surface area contributed by atoms with Gasteiger partial charge in [0.25, 0.3) is 0 Å². The summed E-state index contributed by atoms with van der Waals surface area (Å²) in [4.78, 5) is 19.5. The molecule has 0 radical (unpaired) electrons. The van der Waals surface area contributed by atoms with Crippen molar-refractivity contribution in [1.29, 1.82) is 0 Å². The lowest BCUT2D eigenvalue weighted by Crippen LogP contribution is -2.22. The van der Waals surface area contributed by atoms with Crippen LogP contribution in [0.2, 0.25) is 0 Å². The zero-order chi connectivity index (χ0) is 14.0. The number of rotatable bonds is 7. The number of aromatic nitrogens is 3. The fourth-order valence-corrected chi connectivity index (χ4v) is 1.76. The molecule has 0 unspecified atom stereocenters. The fourth-order valence-electron chi connectivity index (χ4n) is 1.76. The van der Waals surface area contributed by atoms with Crippen LogP contribution in [0.15, 0.2) is 49.3 Å². The monoisotopic (exact) mass is 270 g/mol. The van der Waals surface area contributed by atoms with Crippen molar-refractivity contribution in [2.45, 2.75) is 19.4 Å². The molecule has 0 fully saturated rings. The van der Waals surface area contributed by atoms with Crippen LogP contribution < -0.4 is 5.32 Å². The predicted molar refractivity (Wildman–Crippen MR) is 77.7 cm³/mol. The van der Waals surface area contributed by atoms with Gasteiger partial charge in [-0.3, -0.25) is 9.78 Å². The van der Waals surface area contributed by atoms with Gasteiger partial charge in [0, 0.05) is 44.0 Å². The standard InChI is InChI=1S/C15H18N4O/c20-15(6-5-14-4-3-7-16-12-14)18-8-1-2-10-19-11-9-17-13-19/h3-7,9,11-13H,1-2,8,10H2,(H,18,20)/b6-5+. The van der Waals surface area contributed by atoms with Crippen LogP contribution >= 0.6 is 0 Å². The van der Waals surface area contributed by atoms with Crippen LogP contribution in [0, 0.1) is 0 Å². The van der Waals surface area contributed by atoms with Crippen molar-refractivity contribution in [3.8, 4) is 0 Å². The summed E-state index contributed by atoms with van der Waals surface area (Å²) < 4.78 is 2.03. The number of pyridine rings is 1. The molecule has 0 bridgehead atoms. The highest BCUT2D eigenvalue weighted by Gasteiger charge is 1.95. The van der Waals surface area contributed by atoms with Gasteiger partial charge in [-0.2, -0.15) is 0 Å². The molecule has 0 aliphatic carbocycles. The molecule has 104 valence electrons. The summed E-state index contributed by atoms with van der Waals surface area (Å²) >= 11 is 0. The van der Waals surface area contributed by atoms with E-state index >= 15 is 0 Å². The van der Waals surface area contributed by atoms with E-state index < -0.39 is 0 Å². The fraction of sp³-hybridized carbons (Fsp3) is 0.267. The van der Waals surface area contributed by atoms with Crippen LogP contribution in [0.4, 0.5) is 0 Å². The third-order valence-electron chi connectivity index (χ3n) is 2.81. The molecule has 1 amide bonds. The van der Waals surface area contributed by atoms with Crippen LogP contribution in [0.3, 0.4) is 0 Å². The second kappa shape index (κ2) is 7.89. The molecule has 5 heteroatoms. The Morgan fingerprint density at radius 2 is 2.25 bits per heavy atom. The topological polar surface area (TPSA) is 59.8 Å². The molecular weight excluding hydrogens is 252 g/mol. The summed E-state index contributed by atoms with van der Waals surface area (Å²) in [5.41, 5.74) is 0.919. The molecule has 0 atom stereocenters. The largest absolute Gasteiger partial charge is 0.353 e. The van der Waals surface area contributed by atoms with E-state index in [4.69, 9.17) is 0 Å². The number of nitrogens with one attached hydrogen (secondary N) is 1. The van der Waals surface area contributed by atoms with E-state index in [9.17, 15) is 4.79 Å². The first-order valence-corrected chi connectivity index (χ1v) is 6.66. The number of carbonyl (C=O) groups excluding carboxylic acids is 1. The lowest BCUT2D eigenvalue weighted by atomic mass is 10.2. The predicted octanol–water partition coefficient (Wildman–Crippen LogP) is 1.89. The van der Waals surface area contributed by atoms with Gasteiger partial charge in [0.15, 0.2) is 0 Å².